The summed E-state index contributed by atoms with van der Waals surface area (Å²) in [4.78, 5) is 12.7. The lowest BCUT2D eigenvalue weighted by Crippen LogP contribution is -2.50. The average molecular weight is 371 g/mol. The van der Waals surface area contributed by atoms with Gasteiger partial charge in [0.25, 0.3) is 0 Å². The fourth-order valence-electron chi connectivity index (χ4n) is 3.78. The highest BCUT2D eigenvalue weighted by Gasteiger charge is 2.56. The van der Waals surface area contributed by atoms with Crippen molar-refractivity contribution in [1.29, 1.82) is 0 Å². The van der Waals surface area contributed by atoms with E-state index in [4.69, 9.17) is 5.73 Å². The van der Waals surface area contributed by atoms with E-state index >= 15 is 0 Å². The Bertz CT molecular complexity index is 769. The van der Waals surface area contributed by atoms with E-state index in [1.54, 1.807) is 6.92 Å². The summed E-state index contributed by atoms with van der Waals surface area (Å²) < 4.78 is 0.978. The van der Waals surface area contributed by atoms with Crippen molar-refractivity contribution < 1.29 is 4.79 Å². The van der Waals surface area contributed by atoms with Crippen LogP contribution in [0, 0.1) is 5.92 Å². The first-order valence-electron chi connectivity index (χ1n) is 7.92. The van der Waals surface area contributed by atoms with E-state index in [9.17, 15) is 4.79 Å². The molecule has 23 heavy (non-hydrogen) atoms. The Morgan fingerprint density at radius 1 is 1.22 bits per heavy atom. The molecule has 4 unspecified atom stereocenters. The van der Waals surface area contributed by atoms with Gasteiger partial charge in [0, 0.05) is 16.4 Å². The van der Waals surface area contributed by atoms with Crippen molar-refractivity contribution in [1.82, 2.24) is 5.32 Å². The van der Waals surface area contributed by atoms with Gasteiger partial charge in [-0.15, -0.1) is 0 Å². The lowest BCUT2D eigenvalue weighted by Gasteiger charge is -2.25. The van der Waals surface area contributed by atoms with E-state index in [1.807, 2.05) is 24.3 Å². The maximum absolute atomic E-state index is 12.7. The van der Waals surface area contributed by atoms with E-state index in [-0.39, 0.29) is 11.9 Å². The number of halogens is 1. The molecule has 3 nitrogen and oxygen atoms in total. The van der Waals surface area contributed by atoms with Crippen molar-refractivity contribution in [3.63, 3.8) is 0 Å². The molecule has 4 atom stereocenters. The van der Waals surface area contributed by atoms with Crippen LogP contribution in [0.3, 0.4) is 0 Å². The minimum Gasteiger partial charge on any atom is -0.351 e. The van der Waals surface area contributed by atoms with Crippen LogP contribution in [0.4, 0.5) is 0 Å². The van der Waals surface area contributed by atoms with Crippen LogP contribution in [0.1, 0.15) is 29.5 Å². The standard InChI is InChI=1S/C19H19BrN2O/c1-19(21,12-6-8-13(20)9-7-12)18(23)22-17-15-10-11-4-2-3-5-14(11)16(15)17/h2-9,15-17H,10,21H2,1H3,(H,22,23). The van der Waals surface area contributed by atoms with Crippen molar-refractivity contribution in [3.8, 4) is 0 Å². The van der Waals surface area contributed by atoms with Gasteiger partial charge >= 0.3 is 0 Å². The zero-order chi connectivity index (χ0) is 16.2. The molecule has 1 saturated carbocycles. The van der Waals surface area contributed by atoms with Gasteiger partial charge in [-0.25, -0.2) is 0 Å². The molecule has 0 heterocycles. The highest BCUT2D eigenvalue weighted by atomic mass is 79.9. The van der Waals surface area contributed by atoms with Crippen molar-refractivity contribution in [2.24, 2.45) is 11.7 Å². The van der Waals surface area contributed by atoms with Crippen LogP contribution in [0.2, 0.25) is 0 Å². The lowest BCUT2D eigenvalue weighted by molar-refractivity contribution is -0.126. The van der Waals surface area contributed by atoms with Crippen LogP contribution < -0.4 is 11.1 Å². The number of rotatable bonds is 3. The molecular weight excluding hydrogens is 352 g/mol. The van der Waals surface area contributed by atoms with Crippen molar-refractivity contribution in [3.05, 3.63) is 69.7 Å². The van der Waals surface area contributed by atoms with Gasteiger partial charge < -0.3 is 11.1 Å². The number of amides is 1. The summed E-state index contributed by atoms with van der Waals surface area (Å²) in [5.74, 6) is 0.907. The fraction of sp³-hybridized carbons (Fsp3) is 0.316. The summed E-state index contributed by atoms with van der Waals surface area (Å²) in [5.41, 5.74) is 8.95. The van der Waals surface area contributed by atoms with Crippen LogP contribution in [-0.4, -0.2) is 11.9 Å². The Hall–Kier alpha value is -1.65. The first kappa shape index (κ1) is 14.9. The fourth-order valence-corrected chi connectivity index (χ4v) is 4.04. The van der Waals surface area contributed by atoms with Gasteiger partial charge in [-0.1, -0.05) is 52.3 Å². The molecule has 0 bridgehead atoms. The monoisotopic (exact) mass is 370 g/mol. The molecule has 2 aromatic rings. The first-order chi connectivity index (χ1) is 11.0. The van der Waals surface area contributed by atoms with Crippen LogP contribution in [0.15, 0.2) is 53.0 Å². The smallest absolute Gasteiger partial charge is 0.244 e. The molecular formula is C19H19BrN2O. The van der Waals surface area contributed by atoms with Gasteiger partial charge in [0.15, 0.2) is 0 Å². The SMILES string of the molecule is CC(N)(C(=O)NC1C2Cc3ccccc3C21)c1ccc(Br)cc1. The molecule has 1 amide bonds. The van der Waals surface area contributed by atoms with Gasteiger partial charge in [0.05, 0.1) is 0 Å². The van der Waals surface area contributed by atoms with Gasteiger partial charge in [-0.3, -0.25) is 4.79 Å². The van der Waals surface area contributed by atoms with Crippen LogP contribution >= 0.6 is 15.9 Å². The average Bonchev–Trinajstić information content (AvgIpc) is 3.05. The Labute approximate surface area is 144 Å². The predicted molar refractivity (Wildman–Crippen MR) is 94.0 cm³/mol. The van der Waals surface area contributed by atoms with Gasteiger partial charge in [-0.2, -0.15) is 0 Å². The number of nitrogens with one attached hydrogen (secondary N) is 1. The first-order valence-corrected chi connectivity index (χ1v) is 8.71. The third-order valence-corrected chi connectivity index (χ3v) is 5.78. The zero-order valence-electron chi connectivity index (χ0n) is 12.9. The van der Waals surface area contributed by atoms with E-state index in [0.29, 0.717) is 11.8 Å². The summed E-state index contributed by atoms with van der Waals surface area (Å²) in [7, 11) is 0. The van der Waals surface area contributed by atoms with Gasteiger partial charge in [0.2, 0.25) is 5.91 Å². The van der Waals surface area contributed by atoms with Crippen LogP contribution in [-0.2, 0) is 16.8 Å². The highest BCUT2D eigenvalue weighted by molar-refractivity contribution is 9.10. The summed E-state index contributed by atoms with van der Waals surface area (Å²) in [5, 5.41) is 3.17. The van der Waals surface area contributed by atoms with E-state index < -0.39 is 5.54 Å². The Morgan fingerprint density at radius 2 is 1.91 bits per heavy atom. The quantitative estimate of drug-likeness (QED) is 0.871. The number of hydrogen-bond acceptors (Lipinski definition) is 2. The molecule has 2 aliphatic rings. The van der Waals surface area contributed by atoms with Crippen LogP contribution in [0.5, 0.6) is 0 Å². The lowest BCUT2D eigenvalue weighted by atomic mass is 9.92. The molecule has 0 radical (unpaired) electrons. The number of benzene rings is 2. The van der Waals surface area contributed by atoms with E-state index in [0.717, 1.165) is 16.5 Å². The third-order valence-electron chi connectivity index (χ3n) is 5.25. The van der Waals surface area contributed by atoms with Crippen molar-refractivity contribution >= 4 is 21.8 Å². The highest BCUT2D eigenvalue weighted by Crippen LogP contribution is 2.56. The number of fused-ring (bicyclic) bond motifs is 3. The maximum Gasteiger partial charge on any atom is 0.244 e. The molecule has 4 heteroatoms. The number of hydrogen-bond donors (Lipinski definition) is 2. The largest absolute Gasteiger partial charge is 0.351 e. The molecule has 1 fully saturated rings. The summed E-state index contributed by atoms with van der Waals surface area (Å²) in [6.07, 6.45) is 1.06. The molecule has 2 aliphatic carbocycles. The minimum absolute atomic E-state index is 0.100. The second-order valence-corrected chi connectivity index (χ2v) is 7.72. The second kappa shape index (κ2) is 5.18. The number of carbonyl (C=O) groups is 1. The Balaban J connectivity index is 1.49. The molecule has 0 spiro atoms. The minimum atomic E-state index is -1.02. The number of carbonyl (C=O) groups excluding carboxylic acids is 1. The second-order valence-electron chi connectivity index (χ2n) is 6.80. The van der Waals surface area contributed by atoms with Crippen LogP contribution in [0.25, 0.3) is 0 Å². The predicted octanol–water partition coefficient (Wildman–Crippen LogP) is 3.08. The Morgan fingerprint density at radius 3 is 2.65 bits per heavy atom. The third kappa shape index (κ3) is 2.41. The van der Waals surface area contributed by atoms with Gasteiger partial charge in [-0.05, 0) is 48.1 Å². The van der Waals surface area contributed by atoms with E-state index in [1.165, 1.54) is 11.1 Å². The van der Waals surface area contributed by atoms with E-state index in [2.05, 4.69) is 45.5 Å². The molecule has 2 aromatic carbocycles. The molecule has 0 saturated heterocycles. The Kier molecular flexibility index (Phi) is 3.36. The molecule has 118 valence electrons. The van der Waals surface area contributed by atoms with Gasteiger partial charge in [0.1, 0.15) is 5.54 Å². The summed E-state index contributed by atoms with van der Waals surface area (Å²) in [6, 6.07) is 16.4. The summed E-state index contributed by atoms with van der Waals surface area (Å²) in [6.45, 7) is 1.78. The molecule has 4 rings (SSSR count). The van der Waals surface area contributed by atoms with Crippen molar-refractivity contribution in [2.45, 2.75) is 30.8 Å². The zero-order valence-corrected chi connectivity index (χ0v) is 14.5. The maximum atomic E-state index is 12.7. The van der Waals surface area contributed by atoms with Crippen molar-refractivity contribution in [2.75, 3.05) is 0 Å². The number of nitrogens with two attached hydrogens (primary N) is 1. The molecule has 0 aliphatic heterocycles. The molecule has 0 aromatic heterocycles. The summed E-state index contributed by atoms with van der Waals surface area (Å²) >= 11 is 3.41. The topological polar surface area (TPSA) is 55.1 Å². The molecule has 3 N–H and O–H groups in total. The normalized spacial score (nSPS) is 26.8.